The van der Waals surface area contributed by atoms with E-state index in [1.165, 1.54) is 6.07 Å². The van der Waals surface area contributed by atoms with Gasteiger partial charge in [-0.1, -0.05) is 12.1 Å². The summed E-state index contributed by atoms with van der Waals surface area (Å²) < 4.78 is 28.8. The van der Waals surface area contributed by atoms with Gasteiger partial charge in [-0.05, 0) is 19.1 Å². The standard InChI is InChI=1S/C11H12F2N2O/c1-7-6-14-10(15-7)8-4-2-3-5-9(8)16-11(12)13/h2-5,7,11H,6H2,1H3,(H,14,15). The number of hydrogen-bond acceptors (Lipinski definition) is 3. The Labute approximate surface area is 92.1 Å². The van der Waals surface area contributed by atoms with Crippen molar-refractivity contribution < 1.29 is 13.5 Å². The van der Waals surface area contributed by atoms with Crippen LogP contribution in [0.5, 0.6) is 5.75 Å². The average molecular weight is 226 g/mol. The van der Waals surface area contributed by atoms with Gasteiger partial charge in [0.2, 0.25) is 0 Å². The largest absolute Gasteiger partial charge is 0.434 e. The van der Waals surface area contributed by atoms with Crippen molar-refractivity contribution in [1.29, 1.82) is 0 Å². The topological polar surface area (TPSA) is 33.6 Å². The van der Waals surface area contributed by atoms with Crippen LogP contribution in [-0.2, 0) is 0 Å². The van der Waals surface area contributed by atoms with Crippen molar-refractivity contribution >= 4 is 5.84 Å². The number of alkyl halides is 2. The number of amidine groups is 1. The van der Waals surface area contributed by atoms with Gasteiger partial charge in [0, 0.05) is 6.04 Å². The number of halogens is 2. The normalized spacial score (nSPS) is 19.5. The third-order valence-electron chi connectivity index (χ3n) is 2.26. The molecular formula is C11H12F2N2O. The van der Waals surface area contributed by atoms with Crippen molar-refractivity contribution in [3.8, 4) is 5.75 Å². The number of benzene rings is 1. The second kappa shape index (κ2) is 4.47. The van der Waals surface area contributed by atoms with Crippen molar-refractivity contribution in [2.24, 2.45) is 4.99 Å². The molecular weight excluding hydrogens is 214 g/mol. The maximum absolute atomic E-state index is 12.2. The van der Waals surface area contributed by atoms with Gasteiger partial charge in [-0.2, -0.15) is 8.78 Å². The number of hydrogen-bond donors (Lipinski definition) is 1. The summed E-state index contributed by atoms with van der Waals surface area (Å²) in [7, 11) is 0. The van der Waals surface area contributed by atoms with Gasteiger partial charge in [0.05, 0.1) is 12.1 Å². The van der Waals surface area contributed by atoms with Crippen LogP contribution in [-0.4, -0.2) is 25.0 Å². The summed E-state index contributed by atoms with van der Waals surface area (Å²) in [6.45, 7) is -0.189. The minimum absolute atomic E-state index is 0.151. The third kappa shape index (κ3) is 2.29. The van der Waals surface area contributed by atoms with Gasteiger partial charge in [0.1, 0.15) is 11.6 Å². The maximum atomic E-state index is 12.2. The Bertz CT molecular complexity index is 407. The number of aliphatic imine (C=N–C) groups is 1. The molecule has 0 amide bonds. The van der Waals surface area contributed by atoms with E-state index in [0.29, 0.717) is 17.9 Å². The van der Waals surface area contributed by atoms with Crippen LogP contribution in [0.25, 0.3) is 0 Å². The minimum Gasteiger partial charge on any atom is -0.434 e. The quantitative estimate of drug-likeness (QED) is 0.855. The second-order valence-corrected chi connectivity index (χ2v) is 3.61. The number of ether oxygens (including phenoxy) is 1. The van der Waals surface area contributed by atoms with Crippen molar-refractivity contribution in [1.82, 2.24) is 5.32 Å². The predicted octanol–water partition coefficient (Wildman–Crippen LogP) is 2.03. The smallest absolute Gasteiger partial charge is 0.387 e. The molecule has 0 bridgehead atoms. The Balaban J connectivity index is 2.26. The molecule has 86 valence electrons. The lowest BCUT2D eigenvalue weighted by Crippen LogP contribution is -2.28. The molecule has 5 heteroatoms. The van der Waals surface area contributed by atoms with Gasteiger partial charge in [-0.15, -0.1) is 0 Å². The Morgan fingerprint density at radius 1 is 1.44 bits per heavy atom. The van der Waals surface area contributed by atoms with E-state index in [-0.39, 0.29) is 11.8 Å². The van der Waals surface area contributed by atoms with E-state index in [9.17, 15) is 8.78 Å². The van der Waals surface area contributed by atoms with Crippen LogP contribution < -0.4 is 10.1 Å². The van der Waals surface area contributed by atoms with Gasteiger partial charge in [0.15, 0.2) is 0 Å². The summed E-state index contributed by atoms with van der Waals surface area (Å²) in [5.41, 5.74) is 0.576. The Morgan fingerprint density at radius 3 is 2.81 bits per heavy atom. The van der Waals surface area contributed by atoms with Gasteiger partial charge < -0.3 is 10.1 Å². The van der Waals surface area contributed by atoms with Crippen LogP contribution >= 0.6 is 0 Å². The molecule has 1 aliphatic heterocycles. The van der Waals surface area contributed by atoms with Gasteiger partial charge >= 0.3 is 6.61 Å². The number of para-hydroxylation sites is 1. The summed E-state index contributed by atoms with van der Waals surface area (Å²) in [6, 6.07) is 6.87. The Kier molecular flexibility index (Phi) is 3.03. The SMILES string of the molecule is CC1CN=C(c2ccccc2OC(F)F)N1. The lowest BCUT2D eigenvalue weighted by Gasteiger charge is -2.11. The molecule has 0 aliphatic carbocycles. The van der Waals surface area contributed by atoms with Gasteiger partial charge in [0.25, 0.3) is 0 Å². The highest BCUT2D eigenvalue weighted by Crippen LogP contribution is 2.21. The molecule has 16 heavy (non-hydrogen) atoms. The fourth-order valence-corrected chi connectivity index (χ4v) is 1.58. The van der Waals surface area contributed by atoms with E-state index in [0.717, 1.165) is 0 Å². The molecule has 1 atom stereocenters. The molecule has 0 spiro atoms. The highest BCUT2D eigenvalue weighted by Gasteiger charge is 2.18. The van der Waals surface area contributed by atoms with E-state index in [1.54, 1.807) is 18.2 Å². The summed E-state index contributed by atoms with van der Waals surface area (Å²) >= 11 is 0. The van der Waals surface area contributed by atoms with Crippen LogP contribution in [0.15, 0.2) is 29.3 Å². The minimum atomic E-state index is -2.82. The zero-order valence-electron chi connectivity index (χ0n) is 8.78. The van der Waals surface area contributed by atoms with Crippen molar-refractivity contribution in [2.75, 3.05) is 6.54 Å². The van der Waals surface area contributed by atoms with Crippen LogP contribution in [0.1, 0.15) is 12.5 Å². The first-order valence-electron chi connectivity index (χ1n) is 5.02. The van der Waals surface area contributed by atoms with Gasteiger partial charge in [-0.3, -0.25) is 4.99 Å². The highest BCUT2D eigenvalue weighted by atomic mass is 19.3. The monoisotopic (exact) mass is 226 g/mol. The number of rotatable bonds is 3. The van der Waals surface area contributed by atoms with Crippen LogP contribution in [0.2, 0.25) is 0 Å². The van der Waals surface area contributed by atoms with Crippen LogP contribution in [0.4, 0.5) is 8.78 Å². The van der Waals surface area contributed by atoms with E-state index < -0.39 is 6.61 Å². The molecule has 3 nitrogen and oxygen atoms in total. The molecule has 0 fully saturated rings. The molecule has 1 aromatic carbocycles. The Morgan fingerprint density at radius 2 is 2.19 bits per heavy atom. The molecule has 0 saturated heterocycles. The molecule has 0 radical (unpaired) electrons. The molecule has 0 saturated carbocycles. The molecule has 1 aliphatic rings. The molecule has 0 aromatic heterocycles. The highest BCUT2D eigenvalue weighted by molar-refractivity contribution is 6.02. The fraction of sp³-hybridized carbons (Fsp3) is 0.364. The Hall–Kier alpha value is -1.65. The number of nitrogens with one attached hydrogen (secondary N) is 1. The van der Waals surface area contributed by atoms with E-state index >= 15 is 0 Å². The lowest BCUT2D eigenvalue weighted by atomic mass is 10.2. The number of nitrogens with zero attached hydrogens (tertiary/aromatic N) is 1. The first kappa shape index (κ1) is 10.9. The molecule has 1 heterocycles. The lowest BCUT2D eigenvalue weighted by molar-refractivity contribution is -0.0499. The third-order valence-corrected chi connectivity index (χ3v) is 2.26. The van der Waals surface area contributed by atoms with Crippen molar-refractivity contribution in [2.45, 2.75) is 19.6 Å². The van der Waals surface area contributed by atoms with Crippen LogP contribution in [0, 0.1) is 0 Å². The van der Waals surface area contributed by atoms with Gasteiger partial charge in [-0.25, -0.2) is 0 Å². The van der Waals surface area contributed by atoms with Crippen LogP contribution in [0.3, 0.4) is 0 Å². The first-order chi connectivity index (χ1) is 7.66. The average Bonchev–Trinajstić information content (AvgIpc) is 2.65. The molecule has 1 unspecified atom stereocenters. The first-order valence-corrected chi connectivity index (χ1v) is 5.02. The summed E-state index contributed by atoms with van der Waals surface area (Å²) in [5, 5.41) is 3.11. The molecule has 1 aromatic rings. The summed E-state index contributed by atoms with van der Waals surface area (Å²) in [6.07, 6.45) is 0. The zero-order chi connectivity index (χ0) is 11.5. The zero-order valence-corrected chi connectivity index (χ0v) is 8.78. The van der Waals surface area contributed by atoms with Crippen molar-refractivity contribution in [3.05, 3.63) is 29.8 Å². The summed E-state index contributed by atoms with van der Waals surface area (Å²) in [5.74, 6) is 0.765. The predicted molar refractivity (Wildman–Crippen MR) is 57.1 cm³/mol. The maximum Gasteiger partial charge on any atom is 0.387 e. The van der Waals surface area contributed by atoms with Crippen molar-refractivity contribution in [3.63, 3.8) is 0 Å². The van der Waals surface area contributed by atoms with E-state index in [4.69, 9.17) is 0 Å². The molecule has 1 N–H and O–H groups in total. The fourth-order valence-electron chi connectivity index (χ4n) is 1.58. The van der Waals surface area contributed by atoms with E-state index in [2.05, 4.69) is 15.0 Å². The summed E-state index contributed by atoms with van der Waals surface area (Å²) in [4.78, 5) is 4.24. The van der Waals surface area contributed by atoms with E-state index in [1.807, 2.05) is 6.92 Å². The second-order valence-electron chi connectivity index (χ2n) is 3.61. The molecule has 2 rings (SSSR count).